The Balaban J connectivity index is 2.17. The number of hydrogen-bond donors (Lipinski definition) is 2. The fourth-order valence-corrected chi connectivity index (χ4v) is 1.73. The lowest BCUT2D eigenvalue weighted by atomic mass is 10.0. The Morgan fingerprint density at radius 1 is 1.47 bits per heavy atom. The average Bonchev–Trinajstić information content (AvgIpc) is 2.29. The molecular weight excluding hydrogens is 192 g/mol. The molecule has 0 aliphatic carbocycles. The summed E-state index contributed by atoms with van der Waals surface area (Å²) in [6, 6.07) is 5.95. The van der Waals surface area contributed by atoms with Crippen molar-refractivity contribution in [2.45, 2.75) is 13.0 Å². The summed E-state index contributed by atoms with van der Waals surface area (Å²) in [5.74, 6) is 0. The van der Waals surface area contributed by atoms with Gasteiger partial charge in [0.25, 0.3) is 0 Å². The molecule has 0 unspecified atom stereocenters. The molecule has 0 aromatic heterocycles. The first-order valence-corrected chi connectivity index (χ1v) is 4.97. The number of amides is 1. The van der Waals surface area contributed by atoms with E-state index in [-0.39, 0.29) is 0 Å². The molecule has 0 bridgehead atoms. The Morgan fingerprint density at radius 3 is 3.13 bits per heavy atom. The predicted octanol–water partition coefficient (Wildman–Crippen LogP) is 1.51. The van der Waals surface area contributed by atoms with Gasteiger partial charge in [-0.25, -0.2) is 4.79 Å². The van der Waals surface area contributed by atoms with Crippen LogP contribution in [0, 0.1) is 0 Å². The molecule has 0 saturated heterocycles. The summed E-state index contributed by atoms with van der Waals surface area (Å²) in [6.07, 6.45) is 0.618. The molecule has 0 saturated carbocycles. The zero-order chi connectivity index (χ0) is 10.7. The zero-order valence-corrected chi connectivity index (χ0v) is 8.67. The molecule has 15 heavy (non-hydrogen) atoms. The third-order valence-electron chi connectivity index (χ3n) is 2.52. The van der Waals surface area contributed by atoms with Gasteiger partial charge in [0, 0.05) is 12.2 Å². The van der Waals surface area contributed by atoms with Crippen molar-refractivity contribution in [1.29, 1.82) is 0 Å². The van der Waals surface area contributed by atoms with E-state index in [4.69, 9.17) is 0 Å². The van der Waals surface area contributed by atoms with Crippen LogP contribution in [-0.4, -0.2) is 19.7 Å². The van der Waals surface area contributed by atoms with Crippen molar-refractivity contribution in [3.63, 3.8) is 0 Å². The van der Waals surface area contributed by atoms with Gasteiger partial charge in [-0.1, -0.05) is 6.07 Å². The molecule has 1 aromatic rings. The molecule has 0 spiro atoms. The van der Waals surface area contributed by atoms with Crippen molar-refractivity contribution in [2.24, 2.45) is 0 Å². The van der Waals surface area contributed by atoms with E-state index in [1.165, 1.54) is 18.2 Å². The second-order valence-electron chi connectivity index (χ2n) is 3.53. The van der Waals surface area contributed by atoms with Gasteiger partial charge in [0.15, 0.2) is 0 Å². The minimum atomic E-state index is -0.432. The van der Waals surface area contributed by atoms with Gasteiger partial charge in [0.1, 0.15) is 0 Å². The van der Waals surface area contributed by atoms with E-state index < -0.39 is 6.09 Å². The van der Waals surface area contributed by atoms with Crippen LogP contribution in [0.25, 0.3) is 0 Å². The number of ether oxygens (including phenoxy) is 1. The average molecular weight is 206 g/mol. The van der Waals surface area contributed by atoms with Gasteiger partial charge in [-0.15, -0.1) is 0 Å². The second kappa shape index (κ2) is 4.31. The van der Waals surface area contributed by atoms with Crippen LogP contribution in [0.3, 0.4) is 0 Å². The van der Waals surface area contributed by atoms with E-state index in [1.807, 2.05) is 12.1 Å². The van der Waals surface area contributed by atoms with Crippen LogP contribution in [-0.2, 0) is 17.7 Å². The minimum Gasteiger partial charge on any atom is -0.453 e. The van der Waals surface area contributed by atoms with Gasteiger partial charge in [-0.2, -0.15) is 0 Å². The lowest BCUT2D eigenvalue weighted by Gasteiger charge is -2.17. The van der Waals surface area contributed by atoms with Crippen molar-refractivity contribution in [1.82, 2.24) is 5.32 Å². The van der Waals surface area contributed by atoms with Gasteiger partial charge >= 0.3 is 6.09 Å². The number of carbonyl (C=O) groups is 1. The topological polar surface area (TPSA) is 50.4 Å². The highest BCUT2D eigenvalue weighted by Gasteiger charge is 2.09. The van der Waals surface area contributed by atoms with Crippen molar-refractivity contribution in [2.75, 3.05) is 19.0 Å². The Bertz CT molecular complexity index is 377. The Kier molecular flexibility index (Phi) is 2.87. The highest BCUT2D eigenvalue weighted by molar-refractivity contribution is 5.84. The molecule has 2 rings (SSSR count). The normalized spacial score (nSPS) is 14.2. The molecular formula is C11H14N2O2. The van der Waals surface area contributed by atoms with E-state index >= 15 is 0 Å². The zero-order valence-electron chi connectivity index (χ0n) is 8.67. The van der Waals surface area contributed by atoms with Crippen LogP contribution in [0.1, 0.15) is 11.1 Å². The van der Waals surface area contributed by atoms with Crippen LogP contribution in [0.5, 0.6) is 0 Å². The maximum absolute atomic E-state index is 11.0. The molecule has 0 atom stereocenters. The first kappa shape index (κ1) is 9.98. The summed E-state index contributed by atoms with van der Waals surface area (Å²) < 4.78 is 4.53. The summed E-state index contributed by atoms with van der Waals surface area (Å²) in [7, 11) is 1.36. The number of methoxy groups -OCH3 is 1. The van der Waals surface area contributed by atoms with Gasteiger partial charge in [0.05, 0.1) is 7.11 Å². The molecule has 1 aliphatic heterocycles. The van der Waals surface area contributed by atoms with Crippen molar-refractivity contribution < 1.29 is 9.53 Å². The highest BCUT2D eigenvalue weighted by Crippen LogP contribution is 2.18. The lowest BCUT2D eigenvalue weighted by Crippen LogP contribution is -2.23. The highest BCUT2D eigenvalue weighted by atomic mass is 16.5. The van der Waals surface area contributed by atoms with Crippen LogP contribution >= 0.6 is 0 Å². The van der Waals surface area contributed by atoms with Gasteiger partial charge in [-0.05, 0) is 36.2 Å². The first-order chi connectivity index (χ1) is 7.29. The molecule has 1 aromatic carbocycles. The van der Waals surface area contributed by atoms with Crippen molar-refractivity contribution in [3.8, 4) is 0 Å². The molecule has 1 amide bonds. The lowest BCUT2D eigenvalue weighted by molar-refractivity contribution is 0.187. The maximum atomic E-state index is 11.0. The number of nitrogens with one attached hydrogen (secondary N) is 2. The number of anilines is 1. The van der Waals surface area contributed by atoms with E-state index in [9.17, 15) is 4.79 Å². The smallest absolute Gasteiger partial charge is 0.411 e. The summed E-state index contributed by atoms with van der Waals surface area (Å²) >= 11 is 0. The minimum absolute atomic E-state index is 0.432. The van der Waals surface area contributed by atoms with Gasteiger partial charge < -0.3 is 10.1 Å². The number of benzene rings is 1. The van der Waals surface area contributed by atoms with Crippen molar-refractivity contribution in [3.05, 3.63) is 29.3 Å². The molecule has 80 valence electrons. The van der Waals surface area contributed by atoms with E-state index in [1.54, 1.807) is 0 Å². The van der Waals surface area contributed by atoms with E-state index in [2.05, 4.69) is 21.4 Å². The SMILES string of the molecule is COC(=O)Nc1ccc2c(c1)CNCC2. The van der Waals surface area contributed by atoms with E-state index in [0.29, 0.717) is 0 Å². The maximum Gasteiger partial charge on any atom is 0.411 e. The number of hydrogen-bond acceptors (Lipinski definition) is 3. The van der Waals surface area contributed by atoms with Crippen molar-refractivity contribution >= 4 is 11.8 Å². The Morgan fingerprint density at radius 2 is 2.33 bits per heavy atom. The third kappa shape index (κ3) is 2.27. The molecule has 4 nitrogen and oxygen atoms in total. The molecule has 1 heterocycles. The molecule has 0 fully saturated rings. The fourth-order valence-electron chi connectivity index (χ4n) is 1.73. The quantitative estimate of drug-likeness (QED) is 0.732. The predicted molar refractivity (Wildman–Crippen MR) is 57.9 cm³/mol. The molecule has 4 heteroatoms. The standard InChI is InChI=1S/C11H14N2O2/c1-15-11(14)13-10-3-2-8-4-5-12-7-9(8)6-10/h2-3,6,12H,4-5,7H2,1H3,(H,13,14). The Labute approximate surface area is 88.6 Å². The summed E-state index contributed by atoms with van der Waals surface area (Å²) in [6.45, 7) is 1.89. The first-order valence-electron chi connectivity index (χ1n) is 4.97. The van der Waals surface area contributed by atoms with Crippen LogP contribution in [0.15, 0.2) is 18.2 Å². The molecule has 0 radical (unpaired) electrons. The summed E-state index contributed by atoms with van der Waals surface area (Å²) in [4.78, 5) is 11.0. The summed E-state index contributed by atoms with van der Waals surface area (Å²) in [5.41, 5.74) is 3.38. The number of carbonyl (C=O) groups excluding carboxylic acids is 1. The monoisotopic (exact) mass is 206 g/mol. The van der Waals surface area contributed by atoms with Gasteiger partial charge in [-0.3, -0.25) is 5.32 Å². The van der Waals surface area contributed by atoms with Crippen LogP contribution in [0.4, 0.5) is 10.5 Å². The number of fused-ring (bicyclic) bond motifs is 1. The third-order valence-corrected chi connectivity index (χ3v) is 2.52. The molecule has 1 aliphatic rings. The van der Waals surface area contributed by atoms with Crippen LogP contribution in [0.2, 0.25) is 0 Å². The Hall–Kier alpha value is -1.55. The second-order valence-corrected chi connectivity index (χ2v) is 3.53. The van der Waals surface area contributed by atoms with Gasteiger partial charge in [0.2, 0.25) is 0 Å². The summed E-state index contributed by atoms with van der Waals surface area (Å²) in [5, 5.41) is 5.94. The number of rotatable bonds is 1. The largest absolute Gasteiger partial charge is 0.453 e. The van der Waals surface area contributed by atoms with E-state index in [0.717, 1.165) is 25.2 Å². The molecule has 2 N–H and O–H groups in total. The fraction of sp³-hybridized carbons (Fsp3) is 0.364. The van der Waals surface area contributed by atoms with Crippen LogP contribution < -0.4 is 10.6 Å².